The lowest BCUT2D eigenvalue weighted by Crippen LogP contribution is -2.33. The predicted octanol–water partition coefficient (Wildman–Crippen LogP) is 4.64. The molecule has 1 amide bonds. The molecule has 1 aliphatic carbocycles. The number of nitrogens with zero attached hydrogens (tertiary/aromatic N) is 1. The second kappa shape index (κ2) is 9.56. The van der Waals surface area contributed by atoms with Gasteiger partial charge in [-0.1, -0.05) is 49.6 Å². The van der Waals surface area contributed by atoms with Crippen LogP contribution in [0.2, 0.25) is 0 Å². The number of carbonyl (C=O) groups excluding carboxylic acids is 1. The van der Waals surface area contributed by atoms with Gasteiger partial charge < -0.3 is 10.1 Å². The number of benzene rings is 2. The summed E-state index contributed by atoms with van der Waals surface area (Å²) in [6.07, 6.45) is 6.94. The summed E-state index contributed by atoms with van der Waals surface area (Å²) in [6, 6.07) is 16.4. The topological polar surface area (TPSA) is 41.6 Å². The Bertz CT molecular complexity index is 736. The molecule has 0 aromatic heterocycles. The number of amides is 1. The van der Waals surface area contributed by atoms with E-state index in [-0.39, 0.29) is 5.91 Å². The van der Waals surface area contributed by atoms with Crippen molar-refractivity contribution in [3.05, 3.63) is 59.7 Å². The number of anilines is 1. The van der Waals surface area contributed by atoms with Gasteiger partial charge in [-0.05, 0) is 49.2 Å². The summed E-state index contributed by atoms with van der Waals surface area (Å²) in [6.45, 7) is 0.865. The number of rotatable bonds is 7. The summed E-state index contributed by atoms with van der Waals surface area (Å²) in [4.78, 5) is 15.0. The van der Waals surface area contributed by atoms with Gasteiger partial charge in [0.25, 0.3) is 0 Å². The molecule has 1 aliphatic rings. The van der Waals surface area contributed by atoms with Gasteiger partial charge in [0.1, 0.15) is 5.75 Å². The fourth-order valence-corrected chi connectivity index (χ4v) is 3.82. The van der Waals surface area contributed by atoms with Crippen molar-refractivity contribution in [2.24, 2.45) is 0 Å². The summed E-state index contributed by atoms with van der Waals surface area (Å²) < 4.78 is 5.17. The number of para-hydroxylation sites is 1. The van der Waals surface area contributed by atoms with Gasteiger partial charge in [0, 0.05) is 18.3 Å². The Hall–Kier alpha value is -2.33. The van der Waals surface area contributed by atoms with E-state index in [9.17, 15) is 4.79 Å². The van der Waals surface area contributed by atoms with E-state index in [1.807, 2.05) is 42.5 Å². The third kappa shape index (κ3) is 5.57. The Labute approximate surface area is 162 Å². The minimum Gasteiger partial charge on any atom is -0.497 e. The van der Waals surface area contributed by atoms with Gasteiger partial charge in [0.2, 0.25) is 5.91 Å². The molecule has 27 heavy (non-hydrogen) atoms. The van der Waals surface area contributed by atoms with Crippen LogP contribution in [0.15, 0.2) is 48.5 Å². The Morgan fingerprint density at radius 1 is 1.07 bits per heavy atom. The standard InChI is InChI=1S/C23H30N2O2/c1-25(20-9-4-3-5-10-20)17-19-8-6-7-11-22(19)24-23(26)16-18-12-14-21(27-2)15-13-18/h6-8,11-15,20H,3-5,9-10,16-17H2,1-2H3,(H,24,26). The molecule has 0 heterocycles. The van der Waals surface area contributed by atoms with Gasteiger partial charge in [0.05, 0.1) is 13.5 Å². The highest BCUT2D eigenvalue weighted by Gasteiger charge is 2.19. The Morgan fingerprint density at radius 3 is 2.48 bits per heavy atom. The number of nitrogens with one attached hydrogen (secondary N) is 1. The van der Waals surface area contributed by atoms with E-state index >= 15 is 0 Å². The van der Waals surface area contributed by atoms with Crippen LogP contribution in [0, 0.1) is 0 Å². The quantitative estimate of drug-likeness (QED) is 0.776. The van der Waals surface area contributed by atoms with Gasteiger partial charge in [-0.25, -0.2) is 0 Å². The molecule has 0 saturated heterocycles. The fraction of sp³-hybridized carbons (Fsp3) is 0.435. The molecular weight excluding hydrogens is 336 g/mol. The van der Waals surface area contributed by atoms with Crippen molar-refractivity contribution < 1.29 is 9.53 Å². The Kier molecular flexibility index (Phi) is 6.88. The number of ether oxygens (including phenoxy) is 1. The molecule has 144 valence electrons. The first-order valence-electron chi connectivity index (χ1n) is 9.86. The van der Waals surface area contributed by atoms with Crippen molar-refractivity contribution in [3.8, 4) is 5.75 Å². The maximum atomic E-state index is 12.5. The largest absolute Gasteiger partial charge is 0.497 e. The zero-order valence-corrected chi connectivity index (χ0v) is 16.4. The van der Waals surface area contributed by atoms with E-state index < -0.39 is 0 Å². The van der Waals surface area contributed by atoms with Crippen molar-refractivity contribution in [2.45, 2.75) is 51.1 Å². The highest BCUT2D eigenvalue weighted by Crippen LogP contribution is 2.25. The molecule has 4 nitrogen and oxygen atoms in total. The highest BCUT2D eigenvalue weighted by molar-refractivity contribution is 5.93. The molecule has 4 heteroatoms. The summed E-state index contributed by atoms with van der Waals surface area (Å²) in [7, 11) is 3.84. The van der Waals surface area contributed by atoms with Crippen molar-refractivity contribution in [1.82, 2.24) is 4.90 Å². The van der Waals surface area contributed by atoms with Gasteiger partial charge >= 0.3 is 0 Å². The van der Waals surface area contributed by atoms with Crippen LogP contribution in [0.5, 0.6) is 5.75 Å². The molecular formula is C23H30N2O2. The maximum Gasteiger partial charge on any atom is 0.228 e. The minimum absolute atomic E-state index is 0.00735. The lowest BCUT2D eigenvalue weighted by molar-refractivity contribution is -0.115. The highest BCUT2D eigenvalue weighted by atomic mass is 16.5. The molecule has 2 aromatic rings. The SMILES string of the molecule is COc1ccc(CC(=O)Nc2ccccc2CN(C)C2CCCCC2)cc1. The molecule has 0 atom stereocenters. The first kappa shape index (κ1) is 19.4. The summed E-state index contributed by atoms with van der Waals surface area (Å²) in [5.74, 6) is 0.809. The van der Waals surface area contributed by atoms with Gasteiger partial charge in [-0.15, -0.1) is 0 Å². The van der Waals surface area contributed by atoms with Crippen LogP contribution < -0.4 is 10.1 Å². The van der Waals surface area contributed by atoms with Crippen LogP contribution >= 0.6 is 0 Å². The van der Waals surface area contributed by atoms with Crippen molar-refractivity contribution in [2.75, 3.05) is 19.5 Å². The second-order valence-corrected chi connectivity index (χ2v) is 7.44. The third-order valence-electron chi connectivity index (χ3n) is 5.43. The van der Waals surface area contributed by atoms with E-state index in [2.05, 4.69) is 23.3 Å². The summed E-state index contributed by atoms with van der Waals surface area (Å²) >= 11 is 0. The molecule has 0 radical (unpaired) electrons. The number of hydrogen-bond acceptors (Lipinski definition) is 3. The molecule has 3 rings (SSSR count). The summed E-state index contributed by atoms with van der Waals surface area (Å²) in [5, 5.41) is 3.10. The van der Waals surface area contributed by atoms with Gasteiger partial charge in [-0.3, -0.25) is 9.69 Å². The molecule has 1 fully saturated rings. The predicted molar refractivity (Wildman–Crippen MR) is 110 cm³/mol. The van der Waals surface area contributed by atoms with E-state index in [0.29, 0.717) is 12.5 Å². The fourth-order valence-electron chi connectivity index (χ4n) is 3.82. The lowest BCUT2D eigenvalue weighted by Gasteiger charge is -2.31. The zero-order chi connectivity index (χ0) is 19.1. The monoisotopic (exact) mass is 366 g/mol. The molecule has 1 N–H and O–H groups in total. The van der Waals surface area contributed by atoms with Crippen LogP contribution in [-0.2, 0) is 17.8 Å². The Balaban J connectivity index is 1.61. The normalized spacial score (nSPS) is 14.9. The van der Waals surface area contributed by atoms with E-state index in [4.69, 9.17) is 4.74 Å². The first-order valence-corrected chi connectivity index (χ1v) is 9.86. The number of methoxy groups -OCH3 is 1. The van der Waals surface area contributed by atoms with Crippen molar-refractivity contribution >= 4 is 11.6 Å². The second-order valence-electron chi connectivity index (χ2n) is 7.44. The van der Waals surface area contributed by atoms with E-state index in [1.54, 1.807) is 7.11 Å². The van der Waals surface area contributed by atoms with Gasteiger partial charge in [-0.2, -0.15) is 0 Å². The van der Waals surface area contributed by atoms with Crippen LogP contribution in [0.1, 0.15) is 43.2 Å². The van der Waals surface area contributed by atoms with Crippen molar-refractivity contribution in [3.63, 3.8) is 0 Å². The van der Waals surface area contributed by atoms with Gasteiger partial charge in [0.15, 0.2) is 0 Å². The van der Waals surface area contributed by atoms with Crippen molar-refractivity contribution in [1.29, 1.82) is 0 Å². The third-order valence-corrected chi connectivity index (χ3v) is 5.43. The molecule has 0 unspecified atom stereocenters. The molecule has 0 bridgehead atoms. The molecule has 2 aromatic carbocycles. The average molecular weight is 367 g/mol. The smallest absolute Gasteiger partial charge is 0.228 e. The van der Waals surface area contributed by atoms with Crippen LogP contribution in [0.4, 0.5) is 5.69 Å². The first-order chi connectivity index (χ1) is 13.2. The molecule has 1 saturated carbocycles. The van der Waals surface area contributed by atoms with E-state index in [0.717, 1.165) is 23.5 Å². The number of hydrogen-bond donors (Lipinski definition) is 1. The van der Waals surface area contributed by atoms with Crippen LogP contribution in [-0.4, -0.2) is 31.0 Å². The average Bonchev–Trinajstić information content (AvgIpc) is 2.70. The molecule has 0 aliphatic heterocycles. The zero-order valence-electron chi connectivity index (χ0n) is 16.4. The van der Waals surface area contributed by atoms with E-state index in [1.165, 1.54) is 37.7 Å². The minimum atomic E-state index is 0.00735. The van der Waals surface area contributed by atoms with Crippen LogP contribution in [0.25, 0.3) is 0 Å². The molecule has 0 spiro atoms. The summed E-state index contributed by atoms with van der Waals surface area (Å²) in [5.41, 5.74) is 3.07. The maximum absolute atomic E-state index is 12.5. The lowest BCUT2D eigenvalue weighted by atomic mass is 9.94. The Morgan fingerprint density at radius 2 is 1.78 bits per heavy atom. The van der Waals surface area contributed by atoms with Crippen LogP contribution in [0.3, 0.4) is 0 Å². The number of carbonyl (C=O) groups is 1.